The van der Waals surface area contributed by atoms with E-state index in [0.717, 1.165) is 11.6 Å². The van der Waals surface area contributed by atoms with Crippen LogP contribution in [0.15, 0.2) is 53.9 Å². The summed E-state index contributed by atoms with van der Waals surface area (Å²) in [4.78, 5) is 10.1. The van der Waals surface area contributed by atoms with E-state index in [2.05, 4.69) is 15.3 Å². The molecule has 0 atom stereocenters. The number of hydrogen-bond acceptors (Lipinski definition) is 6. The van der Waals surface area contributed by atoms with Crippen molar-refractivity contribution in [2.45, 2.75) is 0 Å². The fraction of sp³-hybridized carbons (Fsp3) is 0. The van der Waals surface area contributed by atoms with E-state index in [1.807, 2.05) is 30.3 Å². The first-order valence-electron chi connectivity index (χ1n) is 6.71. The summed E-state index contributed by atoms with van der Waals surface area (Å²) >= 11 is 5.82. The van der Waals surface area contributed by atoms with E-state index in [-0.39, 0.29) is 10.6 Å². The fourth-order valence-electron chi connectivity index (χ4n) is 2.05. The number of hydrogen-bond donors (Lipinski definition) is 0. The molecule has 1 heterocycles. The molecule has 120 valence electrons. The zero-order chi connectivity index (χ0) is 17.1. The van der Waals surface area contributed by atoms with E-state index in [1.165, 1.54) is 23.3 Å². The van der Waals surface area contributed by atoms with Gasteiger partial charge in [-0.1, -0.05) is 41.9 Å². The minimum atomic E-state index is -0.778. The van der Waals surface area contributed by atoms with Gasteiger partial charge in [-0.15, -0.1) is 10.2 Å². The molecule has 0 amide bonds. The molecule has 3 aromatic rings. The van der Waals surface area contributed by atoms with Gasteiger partial charge in [0, 0.05) is 16.7 Å². The molecule has 0 saturated heterocycles. The van der Waals surface area contributed by atoms with Crippen molar-refractivity contribution in [1.29, 1.82) is 0 Å². The Labute approximate surface area is 140 Å². The zero-order valence-corrected chi connectivity index (χ0v) is 12.8. The van der Waals surface area contributed by atoms with Gasteiger partial charge in [0.2, 0.25) is 0 Å². The molecule has 0 aliphatic heterocycles. The van der Waals surface area contributed by atoms with Crippen molar-refractivity contribution in [3.05, 3.63) is 69.5 Å². The lowest BCUT2D eigenvalue weighted by atomic mass is 10.2. The van der Waals surface area contributed by atoms with Crippen molar-refractivity contribution in [3.63, 3.8) is 0 Å². The SMILES string of the molecule is O=[N+]([O-])c1cc(Cl)cc(/C=N\n2cnnc2-c2ccccc2)c1[O-]. The van der Waals surface area contributed by atoms with E-state index >= 15 is 0 Å². The molecule has 3 rings (SSSR count). The third-order valence-corrected chi connectivity index (χ3v) is 3.36. The smallest absolute Gasteiger partial charge is 0.263 e. The van der Waals surface area contributed by atoms with E-state index < -0.39 is 16.4 Å². The molecule has 0 spiro atoms. The standard InChI is InChI=1S/C15H10ClN5O3/c16-12-6-11(14(22)13(7-12)21(23)24)8-18-20-9-17-19-15(20)10-4-2-1-3-5-10/h1-9,22H/p-1/b18-8-. The first kappa shape index (κ1) is 15.6. The lowest BCUT2D eigenvalue weighted by Gasteiger charge is -2.10. The molecule has 0 fully saturated rings. The summed E-state index contributed by atoms with van der Waals surface area (Å²) in [6, 6.07) is 11.5. The summed E-state index contributed by atoms with van der Waals surface area (Å²) in [6.45, 7) is 0. The molecule has 24 heavy (non-hydrogen) atoms. The van der Waals surface area contributed by atoms with Gasteiger partial charge in [-0.25, -0.2) is 0 Å². The van der Waals surface area contributed by atoms with Crippen LogP contribution in [0.25, 0.3) is 11.4 Å². The van der Waals surface area contributed by atoms with Gasteiger partial charge in [-0.05, 0) is 17.4 Å². The lowest BCUT2D eigenvalue weighted by molar-refractivity contribution is -0.398. The molecule has 8 nitrogen and oxygen atoms in total. The minimum Gasteiger partial charge on any atom is -0.867 e. The van der Waals surface area contributed by atoms with Crippen LogP contribution >= 0.6 is 11.6 Å². The van der Waals surface area contributed by atoms with E-state index in [1.54, 1.807) is 0 Å². The third kappa shape index (κ3) is 3.08. The average molecular weight is 343 g/mol. The molecule has 9 heteroatoms. The Morgan fingerprint density at radius 1 is 1.25 bits per heavy atom. The summed E-state index contributed by atoms with van der Waals surface area (Å²) in [5.41, 5.74) is 0.185. The van der Waals surface area contributed by atoms with Crippen molar-refractivity contribution in [2.75, 3.05) is 0 Å². The number of rotatable bonds is 4. The molecule has 0 bridgehead atoms. The van der Waals surface area contributed by atoms with Gasteiger partial charge in [0.05, 0.1) is 11.1 Å². The Balaban J connectivity index is 1.99. The average Bonchev–Trinajstić information content (AvgIpc) is 3.04. The molecule has 0 unspecified atom stereocenters. The molecule has 0 aliphatic rings. The van der Waals surface area contributed by atoms with Gasteiger partial charge in [0.25, 0.3) is 5.69 Å². The molecule has 0 saturated carbocycles. The van der Waals surface area contributed by atoms with Gasteiger partial charge in [-0.2, -0.15) is 9.78 Å². The molecule has 2 aromatic carbocycles. The van der Waals surface area contributed by atoms with Crippen LogP contribution < -0.4 is 5.11 Å². The predicted octanol–water partition coefficient (Wildman–Crippen LogP) is 2.46. The molecular formula is C15H9ClN5O3-. The maximum Gasteiger partial charge on any atom is 0.263 e. The van der Waals surface area contributed by atoms with Gasteiger partial charge in [0.1, 0.15) is 6.33 Å². The quantitative estimate of drug-likeness (QED) is 0.411. The first-order chi connectivity index (χ1) is 11.6. The van der Waals surface area contributed by atoms with E-state index in [9.17, 15) is 15.2 Å². The van der Waals surface area contributed by atoms with E-state index in [4.69, 9.17) is 11.6 Å². The van der Waals surface area contributed by atoms with Gasteiger partial charge in [0.15, 0.2) is 5.82 Å². The van der Waals surface area contributed by atoms with E-state index in [0.29, 0.717) is 5.82 Å². The molecule has 0 N–H and O–H groups in total. The van der Waals surface area contributed by atoms with Crippen molar-refractivity contribution < 1.29 is 10.0 Å². The van der Waals surface area contributed by atoms with Crippen LogP contribution in [0.4, 0.5) is 5.69 Å². The van der Waals surface area contributed by atoms with Crippen LogP contribution in [0.3, 0.4) is 0 Å². The first-order valence-corrected chi connectivity index (χ1v) is 7.09. The number of benzene rings is 2. The van der Waals surface area contributed by atoms with Crippen LogP contribution in [0, 0.1) is 10.1 Å². The second-order valence-corrected chi connectivity index (χ2v) is 5.15. The Kier molecular flexibility index (Phi) is 4.21. The van der Waals surface area contributed by atoms with Crippen LogP contribution in [-0.2, 0) is 0 Å². The van der Waals surface area contributed by atoms with Gasteiger partial charge >= 0.3 is 0 Å². The molecule has 0 aliphatic carbocycles. The predicted molar refractivity (Wildman–Crippen MR) is 86.0 cm³/mol. The Morgan fingerprint density at radius 2 is 2.00 bits per heavy atom. The molecular weight excluding hydrogens is 334 g/mol. The maximum absolute atomic E-state index is 12.0. The highest BCUT2D eigenvalue weighted by Gasteiger charge is 2.12. The summed E-state index contributed by atoms with van der Waals surface area (Å²) in [5, 5.41) is 34.9. The highest BCUT2D eigenvalue weighted by atomic mass is 35.5. The Morgan fingerprint density at radius 3 is 2.71 bits per heavy atom. The minimum absolute atomic E-state index is 0.00177. The summed E-state index contributed by atoms with van der Waals surface area (Å²) in [7, 11) is 0. The monoisotopic (exact) mass is 342 g/mol. The Hall–Kier alpha value is -3.26. The van der Waals surface area contributed by atoms with Crippen LogP contribution in [0.5, 0.6) is 5.75 Å². The van der Waals surface area contributed by atoms with Gasteiger partial charge < -0.3 is 5.11 Å². The fourth-order valence-corrected chi connectivity index (χ4v) is 2.27. The molecule has 0 radical (unpaired) electrons. The number of nitrogens with zero attached hydrogens (tertiary/aromatic N) is 5. The second-order valence-electron chi connectivity index (χ2n) is 4.71. The highest BCUT2D eigenvalue weighted by Crippen LogP contribution is 2.30. The third-order valence-electron chi connectivity index (χ3n) is 3.14. The number of nitro groups is 1. The van der Waals surface area contributed by atoms with Crippen molar-refractivity contribution in [2.24, 2.45) is 5.10 Å². The molecule has 1 aromatic heterocycles. The lowest BCUT2D eigenvalue weighted by Crippen LogP contribution is -2.03. The summed E-state index contributed by atoms with van der Waals surface area (Å²) in [5.74, 6) is -0.293. The highest BCUT2D eigenvalue weighted by molar-refractivity contribution is 6.31. The van der Waals surface area contributed by atoms with Crippen LogP contribution in [-0.4, -0.2) is 26.0 Å². The van der Waals surface area contributed by atoms with Crippen LogP contribution in [0.1, 0.15) is 5.56 Å². The van der Waals surface area contributed by atoms with Crippen molar-refractivity contribution in [3.8, 4) is 17.1 Å². The van der Waals surface area contributed by atoms with Gasteiger partial charge in [-0.3, -0.25) is 10.1 Å². The number of halogens is 1. The topological polar surface area (TPSA) is 109 Å². The van der Waals surface area contributed by atoms with Crippen molar-refractivity contribution >= 4 is 23.5 Å². The Bertz CT molecular complexity index is 924. The number of aromatic nitrogens is 3. The van der Waals surface area contributed by atoms with Crippen LogP contribution in [0.2, 0.25) is 5.02 Å². The second kappa shape index (κ2) is 6.47. The number of nitro benzene ring substituents is 1. The largest absolute Gasteiger partial charge is 0.867 e. The zero-order valence-electron chi connectivity index (χ0n) is 12.0. The normalized spacial score (nSPS) is 11.0. The maximum atomic E-state index is 12.0. The summed E-state index contributed by atoms with van der Waals surface area (Å²) < 4.78 is 1.36. The van der Waals surface area contributed by atoms with Crippen molar-refractivity contribution in [1.82, 2.24) is 14.9 Å². The summed E-state index contributed by atoms with van der Waals surface area (Å²) in [6.07, 6.45) is 2.55.